The third-order valence-electron chi connectivity index (χ3n) is 2.95. The van der Waals surface area contributed by atoms with Crippen LogP contribution in [-0.4, -0.2) is 12.1 Å². The number of nitrogens with zero attached hydrogens (tertiary/aromatic N) is 1. The van der Waals surface area contributed by atoms with Gasteiger partial charge in [-0.2, -0.15) is 4.98 Å². The summed E-state index contributed by atoms with van der Waals surface area (Å²) in [5, 5.41) is 3.38. The Morgan fingerprint density at radius 1 is 1.11 bits per heavy atom. The van der Waals surface area contributed by atoms with Crippen LogP contribution in [0.25, 0.3) is 0 Å². The normalized spacial score (nSPS) is 11.9. The summed E-state index contributed by atoms with van der Waals surface area (Å²) in [5.74, 6) is 1.45. The molecule has 1 aromatic heterocycles. The number of hydrogen-bond donors (Lipinski definition) is 1. The van der Waals surface area contributed by atoms with Crippen molar-refractivity contribution < 1.29 is 4.74 Å². The fourth-order valence-electron chi connectivity index (χ4n) is 1.98. The molecule has 3 heteroatoms. The Labute approximate surface area is 108 Å². The third kappa shape index (κ3) is 2.80. The van der Waals surface area contributed by atoms with Crippen LogP contribution in [0.2, 0.25) is 0 Å². The maximum atomic E-state index is 5.11. The summed E-state index contributed by atoms with van der Waals surface area (Å²) in [6.45, 7) is 4.25. The van der Waals surface area contributed by atoms with Gasteiger partial charge < -0.3 is 10.1 Å². The lowest BCUT2D eigenvalue weighted by Crippen LogP contribution is -2.09. The maximum absolute atomic E-state index is 5.11. The average molecular weight is 242 g/mol. The van der Waals surface area contributed by atoms with E-state index in [9.17, 15) is 0 Å². The Hall–Kier alpha value is -2.03. The second-order valence-corrected chi connectivity index (χ2v) is 4.29. The van der Waals surface area contributed by atoms with E-state index in [2.05, 4.69) is 48.4 Å². The Bertz CT molecular complexity index is 525. The minimum atomic E-state index is 0.214. The number of aromatic nitrogens is 1. The predicted octanol–water partition coefficient (Wildman–Crippen LogP) is 3.57. The van der Waals surface area contributed by atoms with Crippen LogP contribution in [0.5, 0.6) is 5.88 Å². The number of benzene rings is 1. The third-order valence-corrected chi connectivity index (χ3v) is 2.95. The number of methoxy groups -OCH3 is 1. The van der Waals surface area contributed by atoms with Crippen molar-refractivity contribution in [1.82, 2.24) is 4.98 Å². The van der Waals surface area contributed by atoms with Crippen molar-refractivity contribution in [3.8, 4) is 5.88 Å². The summed E-state index contributed by atoms with van der Waals surface area (Å²) in [7, 11) is 1.62. The lowest BCUT2D eigenvalue weighted by molar-refractivity contribution is 0.398. The van der Waals surface area contributed by atoms with Crippen molar-refractivity contribution in [1.29, 1.82) is 0 Å². The second kappa shape index (κ2) is 5.54. The first-order valence-electron chi connectivity index (χ1n) is 6.04. The largest absolute Gasteiger partial charge is 0.481 e. The van der Waals surface area contributed by atoms with E-state index in [4.69, 9.17) is 4.74 Å². The lowest BCUT2D eigenvalue weighted by atomic mass is 10.0. The summed E-state index contributed by atoms with van der Waals surface area (Å²) in [5.41, 5.74) is 2.56. The van der Waals surface area contributed by atoms with Crippen LogP contribution in [0.4, 0.5) is 5.82 Å². The van der Waals surface area contributed by atoms with Crippen LogP contribution in [0.15, 0.2) is 42.5 Å². The molecular formula is C15H18N2O. The standard InChI is InChI=1S/C15H18N2O/c1-11-7-4-5-8-13(11)12(2)16-14-9-6-10-15(17-14)18-3/h4-10,12H,1-3H3,(H,16,17). The first-order valence-corrected chi connectivity index (χ1v) is 6.04. The van der Waals surface area contributed by atoms with E-state index in [0.717, 1.165) is 5.82 Å². The minimum Gasteiger partial charge on any atom is -0.481 e. The average Bonchev–Trinajstić information content (AvgIpc) is 2.39. The highest BCUT2D eigenvalue weighted by Gasteiger charge is 2.08. The summed E-state index contributed by atoms with van der Waals surface area (Å²) < 4.78 is 5.11. The molecule has 0 saturated carbocycles. The van der Waals surface area contributed by atoms with Crippen molar-refractivity contribution in [2.45, 2.75) is 19.9 Å². The number of nitrogens with one attached hydrogen (secondary N) is 1. The molecule has 18 heavy (non-hydrogen) atoms. The maximum Gasteiger partial charge on any atom is 0.214 e. The van der Waals surface area contributed by atoms with Gasteiger partial charge in [-0.25, -0.2) is 0 Å². The number of aryl methyl sites for hydroxylation is 1. The Morgan fingerprint density at radius 3 is 2.61 bits per heavy atom. The molecule has 0 saturated heterocycles. The number of ether oxygens (including phenoxy) is 1. The Kier molecular flexibility index (Phi) is 3.82. The zero-order valence-electron chi connectivity index (χ0n) is 11.0. The first kappa shape index (κ1) is 12.4. The smallest absolute Gasteiger partial charge is 0.214 e. The molecule has 3 nitrogen and oxygen atoms in total. The van der Waals surface area contributed by atoms with Crippen molar-refractivity contribution in [3.05, 3.63) is 53.6 Å². The monoisotopic (exact) mass is 242 g/mol. The predicted molar refractivity (Wildman–Crippen MR) is 74.0 cm³/mol. The van der Waals surface area contributed by atoms with Gasteiger partial charge in [0.15, 0.2) is 0 Å². The molecule has 1 atom stereocenters. The van der Waals surface area contributed by atoms with E-state index in [-0.39, 0.29) is 6.04 Å². The number of hydrogen-bond acceptors (Lipinski definition) is 3. The highest BCUT2D eigenvalue weighted by molar-refractivity contribution is 5.41. The number of anilines is 1. The molecule has 0 spiro atoms. The van der Waals surface area contributed by atoms with E-state index >= 15 is 0 Å². The number of pyridine rings is 1. The molecule has 0 bridgehead atoms. The van der Waals surface area contributed by atoms with Crippen molar-refractivity contribution in [2.24, 2.45) is 0 Å². The van der Waals surface area contributed by atoms with E-state index < -0.39 is 0 Å². The highest BCUT2D eigenvalue weighted by Crippen LogP contribution is 2.21. The Balaban J connectivity index is 2.16. The van der Waals surface area contributed by atoms with Crippen LogP contribution in [0, 0.1) is 6.92 Å². The molecule has 0 fully saturated rings. The topological polar surface area (TPSA) is 34.1 Å². The fraction of sp³-hybridized carbons (Fsp3) is 0.267. The first-order chi connectivity index (χ1) is 8.70. The van der Waals surface area contributed by atoms with Gasteiger partial charge in [0.05, 0.1) is 13.2 Å². The van der Waals surface area contributed by atoms with Gasteiger partial charge in [-0.3, -0.25) is 0 Å². The van der Waals surface area contributed by atoms with Crippen LogP contribution < -0.4 is 10.1 Å². The summed E-state index contributed by atoms with van der Waals surface area (Å²) in [4.78, 5) is 4.35. The molecule has 0 aliphatic carbocycles. The SMILES string of the molecule is COc1cccc(NC(C)c2ccccc2C)n1. The quantitative estimate of drug-likeness (QED) is 0.890. The fourth-order valence-corrected chi connectivity index (χ4v) is 1.98. The zero-order valence-corrected chi connectivity index (χ0v) is 11.0. The molecule has 1 aromatic carbocycles. The molecule has 1 heterocycles. The summed E-state index contributed by atoms with van der Waals surface area (Å²) in [6, 6.07) is 14.3. The van der Waals surface area contributed by atoms with E-state index in [0.29, 0.717) is 5.88 Å². The number of rotatable bonds is 4. The van der Waals surface area contributed by atoms with E-state index in [1.54, 1.807) is 7.11 Å². The van der Waals surface area contributed by atoms with Crippen molar-refractivity contribution in [2.75, 3.05) is 12.4 Å². The molecule has 2 aromatic rings. The molecule has 0 aliphatic heterocycles. The van der Waals surface area contributed by atoms with Gasteiger partial charge in [-0.15, -0.1) is 0 Å². The van der Waals surface area contributed by atoms with Gasteiger partial charge in [0.1, 0.15) is 5.82 Å². The minimum absolute atomic E-state index is 0.214. The van der Waals surface area contributed by atoms with Gasteiger partial charge in [-0.05, 0) is 31.0 Å². The van der Waals surface area contributed by atoms with Crippen molar-refractivity contribution in [3.63, 3.8) is 0 Å². The van der Waals surface area contributed by atoms with E-state index in [1.165, 1.54) is 11.1 Å². The molecule has 0 amide bonds. The second-order valence-electron chi connectivity index (χ2n) is 4.29. The van der Waals surface area contributed by atoms with E-state index in [1.807, 2.05) is 18.2 Å². The molecule has 2 rings (SSSR count). The molecule has 1 N–H and O–H groups in total. The molecule has 1 unspecified atom stereocenters. The molecule has 94 valence electrons. The van der Waals surface area contributed by atoms with Crippen LogP contribution >= 0.6 is 0 Å². The molecule has 0 radical (unpaired) electrons. The van der Waals surface area contributed by atoms with Gasteiger partial charge in [0, 0.05) is 6.07 Å². The Morgan fingerprint density at radius 2 is 1.89 bits per heavy atom. The van der Waals surface area contributed by atoms with Crippen LogP contribution in [-0.2, 0) is 0 Å². The molecular weight excluding hydrogens is 224 g/mol. The van der Waals surface area contributed by atoms with Crippen LogP contribution in [0.3, 0.4) is 0 Å². The van der Waals surface area contributed by atoms with Gasteiger partial charge in [0.2, 0.25) is 5.88 Å². The van der Waals surface area contributed by atoms with Crippen molar-refractivity contribution >= 4 is 5.82 Å². The van der Waals surface area contributed by atoms with Gasteiger partial charge in [-0.1, -0.05) is 30.3 Å². The zero-order chi connectivity index (χ0) is 13.0. The summed E-state index contributed by atoms with van der Waals surface area (Å²) in [6.07, 6.45) is 0. The molecule has 0 aliphatic rings. The van der Waals surface area contributed by atoms with Crippen LogP contribution in [0.1, 0.15) is 24.1 Å². The van der Waals surface area contributed by atoms with Gasteiger partial charge in [0.25, 0.3) is 0 Å². The van der Waals surface area contributed by atoms with Gasteiger partial charge >= 0.3 is 0 Å². The lowest BCUT2D eigenvalue weighted by Gasteiger charge is -2.17. The highest BCUT2D eigenvalue weighted by atomic mass is 16.5. The summed E-state index contributed by atoms with van der Waals surface area (Å²) >= 11 is 0.